The predicted octanol–water partition coefficient (Wildman–Crippen LogP) is 3.79. The second kappa shape index (κ2) is 12.6. The minimum Gasteiger partial charge on any atom is -0.495 e. The lowest BCUT2D eigenvalue weighted by Crippen LogP contribution is -2.20. The Balaban J connectivity index is 1.42. The van der Waals surface area contributed by atoms with E-state index in [2.05, 4.69) is 25.8 Å². The van der Waals surface area contributed by atoms with E-state index >= 15 is 0 Å². The number of carbonyl (C=O) groups excluding carboxylic acids is 1. The number of amides is 1. The molecule has 0 bridgehead atoms. The Hall–Kier alpha value is -5.63. The van der Waals surface area contributed by atoms with Gasteiger partial charge in [-0.3, -0.25) is 14.6 Å². The van der Waals surface area contributed by atoms with Crippen LogP contribution in [-0.4, -0.2) is 42.9 Å². The zero-order valence-electron chi connectivity index (χ0n) is 21.1. The highest BCUT2D eigenvalue weighted by Gasteiger charge is 2.13. The maximum Gasteiger partial charge on any atom is 0.270 e. The van der Waals surface area contributed by atoms with Crippen LogP contribution in [0.1, 0.15) is 11.1 Å². The first kappa shape index (κ1) is 26.4. The monoisotopic (exact) mass is 524 g/mol. The number of aromatic nitrogens is 2. The number of benzene rings is 3. The molecule has 0 unspecified atom stereocenters. The number of ether oxygens (including phenoxy) is 3. The number of H-pyrrole nitrogens is 1. The van der Waals surface area contributed by atoms with Crippen LogP contribution in [0.25, 0.3) is 11.3 Å². The number of para-hydroxylation sites is 2. The highest BCUT2D eigenvalue weighted by Crippen LogP contribution is 2.28. The van der Waals surface area contributed by atoms with E-state index in [1.807, 2.05) is 12.1 Å². The summed E-state index contributed by atoms with van der Waals surface area (Å²) in [6.45, 7) is -0.245. The Morgan fingerprint density at radius 2 is 1.77 bits per heavy atom. The van der Waals surface area contributed by atoms with Crippen LogP contribution in [0.5, 0.6) is 17.2 Å². The molecule has 1 heterocycles. The summed E-state index contributed by atoms with van der Waals surface area (Å²) in [6.07, 6.45) is 1.49. The Morgan fingerprint density at radius 1 is 1.03 bits per heavy atom. The van der Waals surface area contributed by atoms with Crippen molar-refractivity contribution >= 4 is 23.8 Å². The Kier molecular flexibility index (Phi) is 8.51. The van der Waals surface area contributed by atoms with Gasteiger partial charge in [0.05, 0.1) is 31.8 Å². The highest BCUT2D eigenvalue weighted by molar-refractivity contribution is 5.93. The Labute approximate surface area is 223 Å². The lowest BCUT2D eigenvalue weighted by atomic mass is 10.1. The number of methoxy groups -OCH3 is 2. The molecule has 11 nitrogen and oxygen atoms in total. The molecule has 3 N–H and O–H groups in total. The minimum atomic E-state index is -0.582. The summed E-state index contributed by atoms with van der Waals surface area (Å²) < 4.78 is 16.3. The summed E-state index contributed by atoms with van der Waals surface area (Å²) >= 11 is 0. The number of nitrogens with one attached hydrogen (secondary N) is 3. The van der Waals surface area contributed by atoms with Crippen molar-refractivity contribution in [2.75, 3.05) is 31.6 Å². The van der Waals surface area contributed by atoms with Gasteiger partial charge in [0.2, 0.25) is 5.95 Å². The number of hydrogen-bond donors (Lipinski definition) is 3. The van der Waals surface area contributed by atoms with Crippen LogP contribution < -0.4 is 30.5 Å². The molecule has 0 saturated heterocycles. The third-order valence-corrected chi connectivity index (χ3v) is 5.39. The Bertz CT molecular complexity index is 1590. The van der Waals surface area contributed by atoms with Crippen LogP contribution in [0.2, 0.25) is 0 Å². The minimum absolute atomic E-state index is 0.0714. The molecule has 0 fully saturated rings. The number of hydrazone groups is 1. The molecule has 39 heavy (non-hydrogen) atoms. The number of nitriles is 1. The predicted molar refractivity (Wildman–Crippen MR) is 146 cm³/mol. The second-order valence-electron chi connectivity index (χ2n) is 7.93. The van der Waals surface area contributed by atoms with Crippen molar-refractivity contribution in [2.24, 2.45) is 5.10 Å². The van der Waals surface area contributed by atoms with Crippen molar-refractivity contribution in [3.63, 3.8) is 0 Å². The molecule has 11 heteroatoms. The zero-order chi connectivity index (χ0) is 27.6. The zero-order valence-corrected chi connectivity index (χ0v) is 21.1. The van der Waals surface area contributed by atoms with Crippen LogP contribution in [0.15, 0.2) is 82.7 Å². The standard InChI is InChI=1S/C28H24N6O5/c1-37-22-11-7-6-10-21(22)31-25(35)17-39-23-13-12-18(14-24(23)38-2)16-30-34-28-32-26(19-8-4-3-5-9-19)20(15-29)27(36)33-28/h3-14,16H,17H2,1-2H3,(H,31,35)(H2,32,33,34,36). The third-order valence-electron chi connectivity index (χ3n) is 5.39. The van der Waals surface area contributed by atoms with Gasteiger partial charge in [-0.2, -0.15) is 10.4 Å². The van der Waals surface area contributed by atoms with E-state index in [0.717, 1.165) is 0 Å². The molecule has 4 rings (SSSR count). The maximum absolute atomic E-state index is 12.4. The van der Waals surface area contributed by atoms with Crippen molar-refractivity contribution in [1.29, 1.82) is 5.26 Å². The van der Waals surface area contributed by atoms with Crippen LogP contribution >= 0.6 is 0 Å². The number of nitrogens with zero attached hydrogens (tertiary/aromatic N) is 3. The van der Waals surface area contributed by atoms with Gasteiger partial charge in [0, 0.05) is 5.56 Å². The molecule has 3 aromatic carbocycles. The molecule has 196 valence electrons. The van der Waals surface area contributed by atoms with Crippen molar-refractivity contribution in [3.05, 3.63) is 94.3 Å². The smallest absolute Gasteiger partial charge is 0.270 e. The average molecular weight is 525 g/mol. The van der Waals surface area contributed by atoms with Crippen molar-refractivity contribution in [2.45, 2.75) is 0 Å². The van der Waals surface area contributed by atoms with Crippen molar-refractivity contribution in [3.8, 4) is 34.6 Å². The molecule has 0 spiro atoms. The summed E-state index contributed by atoms with van der Waals surface area (Å²) in [4.78, 5) is 31.6. The molecule has 0 aliphatic heterocycles. The fourth-order valence-corrected chi connectivity index (χ4v) is 3.56. The summed E-state index contributed by atoms with van der Waals surface area (Å²) in [6, 6.07) is 22.9. The lowest BCUT2D eigenvalue weighted by Gasteiger charge is -2.12. The Morgan fingerprint density at radius 3 is 2.51 bits per heavy atom. The van der Waals surface area contributed by atoms with Crippen molar-refractivity contribution in [1.82, 2.24) is 9.97 Å². The number of carbonyl (C=O) groups is 1. The average Bonchev–Trinajstić information content (AvgIpc) is 2.96. The van der Waals surface area contributed by atoms with E-state index in [1.54, 1.807) is 66.7 Å². The molecule has 0 aliphatic carbocycles. The van der Waals surface area contributed by atoms with Gasteiger partial charge in [-0.1, -0.05) is 42.5 Å². The van der Waals surface area contributed by atoms with Gasteiger partial charge < -0.3 is 19.5 Å². The van der Waals surface area contributed by atoms with Crippen molar-refractivity contribution < 1.29 is 19.0 Å². The van der Waals surface area contributed by atoms with Gasteiger partial charge in [-0.15, -0.1) is 0 Å². The van der Waals surface area contributed by atoms with Gasteiger partial charge in [0.25, 0.3) is 11.5 Å². The number of anilines is 2. The fraction of sp³-hybridized carbons (Fsp3) is 0.107. The molecule has 4 aromatic rings. The third kappa shape index (κ3) is 6.58. The topological polar surface area (TPSA) is 151 Å². The second-order valence-corrected chi connectivity index (χ2v) is 7.93. The molecule has 0 saturated carbocycles. The van der Waals surface area contributed by atoms with Crippen LogP contribution in [-0.2, 0) is 4.79 Å². The van der Waals surface area contributed by atoms with E-state index in [0.29, 0.717) is 34.1 Å². The van der Waals surface area contributed by atoms with Gasteiger partial charge in [0.15, 0.2) is 18.1 Å². The largest absolute Gasteiger partial charge is 0.495 e. The number of aromatic amines is 1. The van der Waals surface area contributed by atoms with Gasteiger partial charge in [-0.05, 0) is 35.9 Å². The van der Waals surface area contributed by atoms with Gasteiger partial charge in [0.1, 0.15) is 17.4 Å². The molecule has 0 atom stereocenters. The molecular weight excluding hydrogens is 500 g/mol. The van der Waals surface area contributed by atoms with Gasteiger partial charge in [-0.25, -0.2) is 10.4 Å². The van der Waals surface area contributed by atoms with E-state index < -0.39 is 5.56 Å². The van der Waals surface area contributed by atoms with Crippen LogP contribution in [0, 0.1) is 11.3 Å². The molecule has 1 amide bonds. The van der Waals surface area contributed by atoms with Gasteiger partial charge >= 0.3 is 0 Å². The summed E-state index contributed by atoms with van der Waals surface area (Å²) in [7, 11) is 3.00. The number of hydrogen-bond acceptors (Lipinski definition) is 9. The van der Waals surface area contributed by atoms with Crippen LogP contribution in [0.3, 0.4) is 0 Å². The lowest BCUT2D eigenvalue weighted by molar-refractivity contribution is -0.118. The first-order valence-electron chi connectivity index (χ1n) is 11.6. The first-order valence-corrected chi connectivity index (χ1v) is 11.6. The summed E-state index contributed by atoms with van der Waals surface area (Å²) in [5, 5.41) is 16.3. The normalized spacial score (nSPS) is 10.5. The quantitative estimate of drug-likeness (QED) is 0.209. The van der Waals surface area contributed by atoms with E-state index in [-0.39, 0.29) is 29.7 Å². The summed E-state index contributed by atoms with van der Waals surface area (Å²) in [5.74, 6) is 0.998. The van der Waals surface area contributed by atoms with E-state index in [1.165, 1.54) is 20.4 Å². The number of rotatable bonds is 10. The highest BCUT2D eigenvalue weighted by atomic mass is 16.5. The van der Waals surface area contributed by atoms with Crippen LogP contribution in [0.4, 0.5) is 11.6 Å². The molecule has 1 aromatic heterocycles. The molecule has 0 radical (unpaired) electrons. The SMILES string of the molecule is COc1ccccc1NC(=O)COc1ccc(C=NNc2nc(-c3ccccc3)c(C#N)c(=O)[nH]2)cc1OC. The van der Waals surface area contributed by atoms with E-state index in [4.69, 9.17) is 14.2 Å². The summed E-state index contributed by atoms with van der Waals surface area (Å²) in [5.41, 5.74) is 4.06. The maximum atomic E-state index is 12.4. The molecular formula is C28H24N6O5. The molecule has 0 aliphatic rings. The van der Waals surface area contributed by atoms with E-state index in [9.17, 15) is 14.9 Å². The first-order chi connectivity index (χ1) is 19.0. The fourth-order valence-electron chi connectivity index (χ4n) is 3.56.